The van der Waals surface area contributed by atoms with Gasteiger partial charge >= 0.3 is 0 Å². The van der Waals surface area contributed by atoms with Crippen LogP contribution in [0.1, 0.15) is 5.69 Å². The molecule has 1 rings (SSSR count). The fourth-order valence-electron chi connectivity index (χ4n) is 1.07. The Morgan fingerprint density at radius 2 is 2.19 bits per heavy atom. The van der Waals surface area contributed by atoms with Crippen molar-refractivity contribution in [3.05, 3.63) is 11.8 Å². The van der Waals surface area contributed by atoms with Gasteiger partial charge in [-0.2, -0.15) is 4.98 Å². The van der Waals surface area contributed by atoms with Gasteiger partial charge in [0.25, 0.3) is 0 Å². The van der Waals surface area contributed by atoms with E-state index in [1.165, 1.54) is 7.11 Å². The van der Waals surface area contributed by atoms with Crippen molar-refractivity contribution in [1.82, 2.24) is 9.97 Å². The number of nitrogens with one attached hydrogen (secondary N) is 1. The molecule has 16 heavy (non-hydrogen) atoms. The van der Waals surface area contributed by atoms with E-state index in [0.29, 0.717) is 5.95 Å². The summed E-state index contributed by atoms with van der Waals surface area (Å²) in [5.41, 5.74) is 6.35. The molecule has 0 fully saturated rings. The topological polar surface area (TPSA) is 88.7 Å². The van der Waals surface area contributed by atoms with Crippen LogP contribution in [0.4, 0.5) is 11.8 Å². The lowest BCUT2D eigenvalue weighted by atomic mass is 10.4. The van der Waals surface area contributed by atoms with Crippen LogP contribution >= 0.6 is 0 Å². The van der Waals surface area contributed by atoms with Gasteiger partial charge in [-0.1, -0.05) is 0 Å². The van der Waals surface area contributed by atoms with E-state index >= 15 is 0 Å². The van der Waals surface area contributed by atoms with Crippen LogP contribution in [0.2, 0.25) is 0 Å². The van der Waals surface area contributed by atoms with Gasteiger partial charge in [-0.15, -0.1) is 0 Å². The first-order valence-corrected chi connectivity index (χ1v) is 4.69. The van der Waals surface area contributed by atoms with Gasteiger partial charge in [0.1, 0.15) is 12.9 Å². The molecule has 0 amide bonds. The average molecular weight is 224 g/mol. The Labute approximate surface area is 94.3 Å². The van der Waals surface area contributed by atoms with Crippen molar-refractivity contribution in [2.75, 3.05) is 31.4 Å². The second-order valence-electron chi connectivity index (χ2n) is 3.37. The van der Waals surface area contributed by atoms with Gasteiger partial charge in [-0.25, -0.2) is 4.98 Å². The van der Waals surface area contributed by atoms with Crippen molar-refractivity contribution < 1.29 is 4.84 Å². The van der Waals surface area contributed by atoms with Gasteiger partial charge in [0, 0.05) is 25.9 Å². The number of aryl methyl sites for hydroxylation is 1. The number of oxime groups is 1. The molecule has 0 saturated carbocycles. The van der Waals surface area contributed by atoms with Gasteiger partial charge in [-0.3, -0.25) is 5.32 Å². The summed E-state index contributed by atoms with van der Waals surface area (Å²) in [6, 6.07) is 1.87. The number of guanidine groups is 1. The third kappa shape index (κ3) is 3.26. The number of aromatic nitrogens is 2. The highest BCUT2D eigenvalue weighted by molar-refractivity contribution is 5.90. The monoisotopic (exact) mass is 224 g/mol. The third-order valence-electron chi connectivity index (χ3n) is 1.73. The van der Waals surface area contributed by atoms with E-state index in [2.05, 4.69) is 25.3 Å². The quantitative estimate of drug-likeness (QED) is 0.431. The van der Waals surface area contributed by atoms with Crippen LogP contribution < -0.4 is 16.0 Å². The summed E-state index contributed by atoms with van der Waals surface area (Å²) in [5.74, 6) is 1.29. The molecule has 0 radical (unpaired) electrons. The fourth-order valence-corrected chi connectivity index (χ4v) is 1.07. The smallest absolute Gasteiger partial charge is 0.237 e. The van der Waals surface area contributed by atoms with Crippen LogP contribution in [0.3, 0.4) is 0 Å². The zero-order chi connectivity index (χ0) is 12.1. The highest BCUT2D eigenvalue weighted by Crippen LogP contribution is 2.11. The van der Waals surface area contributed by atoms with E-state index < -0.39 is 0 Å². The number of anilines is 2. The molecule has 0 aromatic carbocycles. The lowest BCUT2D eigenvalue weighted by Gasteiger charge is -2.13. The maximum Gasteiger partial charge on any atom is 0.237 e. The molecule has 0 atom stereocenters. The predicted molar refractivity (Wildman–Crippen MR) is 63.4 cm³/mol. The summed E-state index contributed by atoms with van der Waals surface area (Å²) in [6.07, 6.45) is 0. The van der Waals surface area contributed by atoms with E-state index in [1.54, 1.807) is 0 Å². The van der Waals surface area contributed by atoms with Crippen LogP contribution in [0, 0.1) is 6.92 Å². The first kappa shape index (κ1) is 12.0. The number of hydrogen-bond acceptors (Lipinski definition) is 5. The number of hydrogen-bond donors (Lipinski definition) is 2. The highest BCUT2D eigenvalue weighted by atomic mass is 16.6. The van der Waals surface area contributed by atoms with Crippen molar-refractivity contribution in [3.63, 3.8) is 0 Å². The predicted octanol–water partition coefficient (Wildman–Crippen LogP) is 0.139. The second kappa shape index (κ2) is 5.15. The molecule has 7 nitrogen and oxygen atoms in total. The van der Waals surface area contributed by atoms with Gasteiger partial charge in [-0.05, 0) is 12.1 Å². The molecule has 0 aliphatic rings. The zero-order valence-electron chi connectivity index (χ0n) is 9.85. The summed E-state index contributed by atoms with van der Waals surface area (Å²) in [4.78, 5) is 14.8. The van der Waals surface area contributed by atoms with Crippen LogP contribution in [0.25, 0.3) is 0 Å². The Kier molecular flexibility index (Phi) is 3.87. The molecule has 1 aromatic rings. The summed E-state index contributed by atoms with van der Waals surface area (Å²) < 4.78 is 0. The first-order valence-electron chi connectivity index (χ1n) is 4.69. The van der Waals surface area contributed by atoms with Crippen molar-refractivity contribution in [2.24, 2.45) is 10.9 Å². The Morgan fingerprint density at radius 3 is 2.75 bits per heavy atom. The molecule has 0 aliphatic carbocycles. The average Bonchev–Trinajstić information content (AvgIpc) is 2.16. The molecule has 88 valence electrons. The first-order chi connectivity index (χ1) is 7.52. The molecular formula is C9H16N6O. The van der Waals surface area contributed by atoms with Gasteiger partial charge in [0.05, 0.1) is 0 Å². The minimum Gasteiger partial charge on any atom is -0.396 e. The van der Waals surface area contributed by atoms with E-state index in [1.807, 2.05) is 32.0 Å². The molecule has 0 aliphatic heterocycles. The number of nitrogens with zero attached hydrogens (tertiary/aromatic N) is 4. The van der Waals surface area contributed by atoms with E-state index in [0.717, 1.165) is 11.5 Å². The summed E-state index contributed by atoms with van der Waals surface area (Å²) in [5, 5.41) is 6.25. The molecule has 1 heterocycles. The number of nitrogens with two attached hydrogens (primary N) is 1. The standard InChI is InChI=1S/C9H16N6O/c1-6-5-7(15(2)3)12-9(11-6)13-8(10)14-16-4/h5H,1-4H3,(H3,10,11,12,13,14). The molecule has 1 aromatic heterocycles. The molecular weight excluding hydrogens is 208 g/mol. The third-order valence-corrected chi connectivity index (χ3v) is 1.73. The minimum absolute atomic E-state index is 0.109. The SMILES string of the molecule is CO/N=C(\N)Nc1nc(C)cc(N(C)C)n1. The maximum atomic E-state index is 5.51. The summed E-state index contributed by atoms with van der Waals surface area (Å²) in [6.45, 7) is 1.88. The lowest BCUT2D eigenvalue weighted by molar-refractivity contribution is 0.213. The van der Waals surface area contributed by atoms with Crippen LogP contribution in [0.15, 0.2) is 11.2 Å². The van der Waals surface area contributed by atoms with E-state index in [-0.39, 0.29) is 5.96 Å². The van der Waals surface area contributed by atoms with Gasteiger partial charge in [0.2, 0.25) is 11.9 Å². The molecule has 0 bridgehead atoms. The molecule has 0 spiro atoms. The Morgan fingerprint density at radius 1 is 1.50 bits per heavy atom. The van der Waals surface area contributed by atoms with Gasteiger partial charge in [0.15, 0.2) is 0 Å². The molecule has 7 heteroatoms. The largest absolute Gasteiger partial charge is 0.396 e. The van der Waals surface area contributed by atoms with E-state index in [4.69, 9.17) is 5.73 Å². The second-order valence-corrected chi connectivity index (χ2v) is 3.37. The Balaban J connectivity index is 2.92. The molecule has 0 saturated heterocycles. The summed E-state index contributed by atoms with van der Waals surface area (Å²) >= 11 is 0. The van der Waals surface area contributed by atoms with Crippen molar-refractivity contribution in [3.8, 4) is 0 Å². The minimum atomic E-state index is 0.109. The normalized spacial score (nSPS) is 11.1. The maximum absolute atomic E-state index is 5.51. The zero-order valence-corrected chi connectivity index (χ0v) is 9.85. The molecule has 3 N–H and O–H groups in total. The van der Waals surface area contributed by atoms with Crippen LogP contribution in [-0.2, 0) is 4.84 Å². The Bertz CT molecular complexity index is 390. The van der Waals surface area contributed by atoms with Crippen LogP contribution in [0.5, 0.6) is 0 Å². The molecule has 0 unspecified atom stereocenters. The van der Waals surface area contributed by atoms with Crippen molar-refractivity contribution in [2.45, 2.75) is 6.92 Å². The highest BCUT2D eigenvalue weighted by Gasteiger charge is 2.04. The number of rotatable bonds is 3. The van der Waals surface area contributed by atoms with Crippen molar-refractivity contribution >= 4 is 17.7 Å². The van der Waals surface area contributed by atoms with Gasteiger partial charge < -0.3 is 15.5 Å². The van der Waals surface area contributed by atoms with E-state index in [9.17, 15) is 0 Å². The lowest BCUT2D eigenvalue weighted by Crippen LogP contribution is -2.24. The Hall–Kier alpha value is -2.05. The fraction of sp³-hybridized carbons (Fsp3) is 0.444. The van der Waals surface area contributed by atoms with Crippen LogP contribution in [-0.4, -0.2) is 37.1 Å². The summed E-state index contributed by atoms with van der Waals surface area (Å²) in [7, 11) is 5.22. The van der Waals surface area contributed by atoms with Crippen molar-refractivity contribution in [1.29, 1.82) is 0 Å².